The maximum Gasteiger partial charge on any atom is 0.417 e. The lowest BCUT2D eigenvalue weighted by Gasteiger charge is -2.14. The molecule has 1 aliphatic carbocycles. The number of alkyl halides is 3. The number of hydrogen-bond donors (Lipinski definition) is 2. The molecule has 1 fully saturated rings. The van der Waals surface area contributed by atoms with Crippen molar-refractivity contribution in [1.82, 2.24) is 15.3 Å². The van der Waals surface area contributed by atoms with Gasteiger partial charge in [-0.05, 0) is 44.0 Å². The van der Waals surface area contributed by atoms with Crippen molar-refractivity contribution in [3.8, 4) is 0 Å². The summed E-state index contributed by atoms with van der Waals surface area (Å²) in [5.74, 6) is -0.274. The molecule has 0 spiro atoms. The molecule has 1 aromatic carbocycles. The van der Waals surface area contributed by atoms with Crippen LogP contribution >= 0.6 is 11.6 Å². The first kappa shape index (κ1) is 19.4. The lowest BCUT2D eigenvalue weighted by atomic mass is 10.2. The molecule has 1 heterocycles. The van der Waals surface area contributed by atoms with Crippen LogP contribution in [0.1, 0.15) is 47.4 Å². The number of amides is 1. The second kappa shape index (κ2) is 7.72. The fraction of sp³-hybridized carbons (Fsp3) is 0.389. The minimum Gasteiger partial charge on any atom is -0.348 e. The molecule has 3 rings (SSSR count). The van der Waals surface area contributed by atoms with Crippen molar-refractivity contribution >= 4 is 29.1 Å². The minimum atomic E-state index is -4.57. The molecule has 0 unspecified atom stereocenters. The van der Waals surface area contributed by atoms with E-state index in [0.29, 0.717) is 5.69 Å². The average molecular weight is 399 g/mol. The summed E-state index contributed by atoms with van der Waals surface area (Å²) < 4.78 is 39.0. The summed E-state index contributed by atoms with van der Waals surface area (Å²) in [4.78, 5) is 20.7. The monoisotopic (exact) mass is 398 g/mol. The van der Waals surface area contributed by atoms with Gasteiger partial charge in [-0.15, -0.1) is 0 Å². The highest BCUT2D eigenvalue weighted by Gasteiger charge is 2.33. The lowest BCUT2D eigenvalue weighted by Crippen LogP contribution is -2.33. The molecule has 9 heteroatoms. The first-order valence-corrected chi connectivity index (χ1v) is 8.90. The van der Waals surface area contributed by atoms with Crippen molar-refractivity contribution < 1.29 is 18.0 Å². The van der Waals surface area contributed by atoms with Crippen LogP contribution in [0.4, 0.5) is 24.8 Å². The molecule has 27 heavy (non-hydrogen) atoms. The molecule has 1 amide bonds. The number of anilines is 2. The number of rotatable bonds is 4. The first-order valence-electron chi connectivity index (χ1n) is 8.53. The lowest BCUT2D eigenvalue weighted by molar-refractivity contribution is -0.137. The third-order valence-corrected chi connectivity index (χ3v) is 4.63. The zero-order chi connectivity index (χ0) is 19.6. The molecule has 1 saturated carbocycles. The molecule has 5 nitrogen and oxygen atoms in total. The van der Waals surface area contributed by atoms with E-state index in [4.69, 9.17) is 11.6 Å². The Labute approximate surface area is 159 Å². The summed E-state index contributed by atoms with van der Waals surface area (Å²) in [5.41, 5.74) is -0.142. The van der Waals surface area contributed by atoms with Crippen molar-refractivity contribution in [2.24, 2.45) is 0 Å². The van der Waals surface area contributed by atoms with E-state index in [1.165, 1.54) is 6.07 Å². The maximum absolute atomic E-state index is 13.0. The van der Waals surface area contributed by atoms with Crippen LogP contribution in [-0.4, -0.2) is 21.9 Å². The number of carbonyl (C=O) groups excluding carboxylic acids is 1. The van der Waals surface area contributed by atoms with Gasteiger partial charge in [0.25, 0.3) is 5.91 Å². The Morgan fingerprint density at radius 3 is 2.56 bits per heavy atom. The largest absolute Gasteiger partial charge is 0.417 e. The van der Waals surface area contributed by atoms with Crippen LogP contribution in [0.25, 0.3) is 0 Å². The molecule has 0 radical (unpaired) electrons. The molecule has 1 aromatic heterocycles. The maximum atomic E-state index is 13.0. The van der Waals surface area contributed by atoms with Gasteiger partial charge in [-0.25, -0.2) is 9.97 Å². The van der Waals surface area contributed by atoms with Crippen LogP contribution < -0.4 is 10.6 Å². The Hall–Kier alpha value is -2.35. The fourth-order valence-electron chi connectivity index (χ4n) is 3.02. The molecule has 0 atom stereocenters. The van der Waals surface area contributed by atoms with Gasteiger partial charge in [-0.2, -0.15) is 13.2 Å². The number of benzene rings is 1. The van der Waals surface area contributed by atoms with Gasteiger partial charge in [0.1, 0.15) is 5.69 Å². The van der Waals surface area contributed by atoms with E-state index in [-0.39, 0.29) is 29.3 Å². The molecule has 0 saturated heterocycles. The quantitative estimate of drug-likeness (QED) is 0.770. The predicted octanol–water partition coefficient (Wildman–Crippen LogP) is 4.87. The summed E-state index contributed by atoms with van der Waals surface area (Å²) in [6.45, 7) is 1.68. The van der Waals surface area contributed by atoms with E-state index in [1.54, 1.807) is 13.0 Å². The molecular formula is C18H18ClF3N4O. The molecule has 2 N–H and O–H groups in total. The van der Waals surface area contributed by atoms with E-state index >= 15 is 0 Å². The van der Waals surface area contributed by atoms with Gasteiger partial charge < -0.3 is 10.6 Å². The highest BCUT2D eigenvalue weighted by molar-refractivity contribution is 6.31. The molecule has 2 aromatic rings. The number of aryl methyl sites for hydroxylation is 1. The summed E-state index contributed by atoms with van der Waals surface area (Å²) in [6, 6.07) is 5.09. The first-order chi connectivity index (χ1) is 12.7. The van der Waals surface area contributed by atoms with Gasteiger partial charge in [-0.1, -0.05) is 24.4 Å². The molecule has 0 bridgehead atoms. The number of halogens is 4. The van der Waals surface area contributed by atoms with Gasteiger partial charge >= 0.3 is 6.18 Å². The van der Waals surface area contributed by atoms with Crippen molar-refractivity contribution in [2.75, 3.05) is 5.32 Å². The van der Waals surface area contributed by atoms with Gasteiger partial charge in [0.05, 0.1) is 10.6 Å². The summed E-state index contributed by atoms with van der Waals surface area (Å²) in [5, 5.41) is 5.25. The number of aromatic nitrogens is 2. The van der Waals surface area contributed by atoms with Crippen molar-refractivity contribution in [3.63, 3.8) is 0 Å². The second-order valence-corrected chi connectivity index (χ2v) is 6.90. The van der Waals surface area contributed by atoms with Crippen molar-refractivity contribution in [1.29, 1.82) is 0 Å². The smallest absolute Gasteiger partial charge is 0.348 e. The zero-order valence-electron chi connectivity index (χ0n) is 14.5. The van der Waals surface area contributed by atoms with Crippen LogP contribution in [0.2, 0.25) is 5.02 Å². The number of hydrogen-bond acceptors (Lipinski definition) is 4. The van der Waals surface area contributed by atoms with Crippen molar-refractivity contribution in [2.45, 2.75) is 44.8 Å². The van der Waals surface area contributed by atoms with Crippen LogP contribution in [0.3, 0.4) is 0 Å². The Morgan fingerprint density at radius 1 is 1.19 bits per heavy atom. The third kappa shape index (κ3) is 4.88. The van der Waals surface area contributed by atoms with Gasteiger partial charge in [0, 0.05) is 17.4 Å². The highest BCUT2D eigenvalue weighted by atomic mass is 35.5. The molecular weight excluding hydrogens is 381 g/mol. The molecule has 1 aliphatic rings. The van der Waals surface area contributed by atoms with E-state index in [2.05, 4.69) is 20.6 Å². The zero-order valence-corrected chi connectivity index (χ0v) is 15.3. The average Bonchev–Trinajstić information content (AvgIpc) is 3.08. The SMILES string of the molecule is Cc1cc(C(=O)NC2CCCC2)nc(Nc2ccc(Cl)c(C(F)(F)F)c2)n1. The molecule has 144 valence electrons. The summed E-state index contributed by atoms with van der Waals surface area (Å²) >= 11 is 5.62. The van der Waals surface area contributed by atoms with E-state index < -0.39 is 16.8 Å². The highest BCUT2D eigenvalue weighted by Crippen LogP contribution is 2.36. The van der Waals surface area contributed by atoms with E-state index in [9.17, 15) is 18.0 Å². The fourth-order valence-corrected chi connectivity index (χ4v) is 3.24. The number of nitrogens with one attached hydrogen (secondary N) is 2. The van der Waals surface area contributed by atoms with Gasteiger partial charge in [-0.3, -0.25) is 4.79 Å². The van der Waals surface area contributed by atoms with Crippen LogP contribution in [-0.2, 0) is 6.18 Å². The Kier molecular flexibility index (Phi) is 5.55. The predicted molar refractivity (Wildman–Crippen MR) is 96.2 cm³/mol. The van der Waals surface area contributed by atoms with Gasteiger partial charge in [0.2, 0.25) is 5.95 Å². The normalized spacial score (nSPS) is 15.0. The second-order valence-electron chi connectivity index (χ2n) is 6.49. The standard InChI is InChI=1S/C18H18ClF3N4O/c1-10-8-15(16(27)24-11-4-2-3-5-11)26-17(23-10)25-12-6-7-14(19)13(9-12)18(20,21)22/h6-9,11H,2-5H2,1H3,(H,24,27)(H,23,25,26). The Balaban J connectivity index is 1.81. The summed E-state index contributed by atoms with van der Waals surface area (Å²) in [6.07, 6.45) is -0.538. The van der Waals surface area contributed by atoms with Crippen molar-refractivity contribution in [3.05, 3.63) is 46.2 Å². The summed E-state index contributed by atoms with van der Waals surface area (Å²) in [7, 11) is 0. The van der Waals surface area contributed by atoms with Crippen LogP contribution in [0, 0.1) is 6.92 Å². The van der Waals surface area contributed by atoms with Gasteiger partial charge in [0.15, 0.2) is 0 Å². The minimum absolute atomic E-state index is 0.0435. The van der Waals surface area contributed by atoms with Crippen LogP contribution in [0.5, 0.6) is 0 Å². The third-order valence-electron chi connectivity index (χ3n) is 4.31. The molecule has 0 aliphatic heterocycles. The number of nitrogens with zero attached hydrogens (tertiary/aromatic N) is 2. The Bertz CT molecular complexity index is 851. The Morgan fingerprint density at radius 2 is 1.89 bits per heavy atom. The topological polar surface area (TPSA) is 66.9 Å². The van der Waals surface area contributed by atoms with E-state index in [1.807, 2.05) is 0 Å². The van der Waals surface area contributed by atoms with Crippen LogP contribution in [0.15, 0.2) is 24.3 Å². The number of carbonyl (C=O) groups is 1. The van der Waals surface area contributed by atoms with E-state index in [0.717, 1.165) is 37.8 Å².